The van der Waals surface area contributed by atoms with Gasteiger partial charge in [0.25, 0.3) is 5.91 Å². The van der Waals surface area contributed by atoms with Crippen LogP contribution in [0.4, 0.5) is 0 Å². The van der Waals surface area contributed by atoms with E-state index in [9.17, 15) is 4.79 Å². The number of hydrogen-bond acceptors (Lipinski definition) is 1. The first-order valence-corrected chi connectivity index (χ1v) is 6.88. The molecule has 0 aliphatic carbocycles. The van der Waals surface area contributed by atoms with Gasteiger partial charge in [-0.2, -0.15) is 4.57 Å². The fourth-order valence-electron chi connectivity index (χ4n) is 2.19. The Hall–Kier alpha value is -2.16. The van der Waals surface area contributed by atoms with Gasteiger partial charge in [0.15, 0.2) is 11.9 Å². The Bertz CT molecular complexity index is 593. The molecule has 20 heavy (non-hydrogen) atoms. The van der Waals surface area contributed by atoms with Crippen LogP contribution in [0, 0.1) is 13.8 Å². The molecule has 0 unspecified atom stereocenters. The smallest absolute Gasteiger partial charge is 0.289 e. The molecule has 1 atom stereocenters. The van der Waals surface area contributed by atoms with Crippen LogP contribution >= 0.6 is 0 Å². The maximum atomic E-state index is 12.2. The minimum absolute atomic E-state index is 0.0348. The summed E-state index contributed by atoms with van der Waals surface area (Å²) < 4.78 is 2.01. The van der Waals surface area contributed by atoms with Crippen molar-refractivity contribution in [2.75, 3.05) is 0 Å². The van der Waals surface area contributed by atoms with E-state index in [0.29, 0.717) is 6.54 Å². The summed E-state index contributed by atoms with van der Waals surface area (Å²) in [4.78, 5) is 12.2. The standard InChI is InChI=1S/C17H20N2O/c1-13-8-7-11-19(14(13)2)15(3)17(20)18-12-16-9-5-4-6-10-16/h4-11,15H,12H2,1-3H3/p+1/t15-/m0/s1. The number of benzene rings is 1. The number of pyridine rings is 1. The largest absolute Gasteiger partial charge is 0.346 e. The van der Waals surface area contributed by atoms with Crippen LogP contribution in [0.2, 0.25) is 0 Å². The number of amides is 1. The van der Waals surface area contributed by atoms with Gasteiger partial charge >= 0.3 is 0 Å². The quantitative estimate of drug-likeness (QED) is 0.850. The van der Waals surface area contributed by atoms with Crippen LogP contribution < -0.4 is 9.88 Å². The Balaban J connectivity index is 2.04. The highest BCUT2D eigenvalue weighted by molar-refractivity contribution is 5.78. The minimum Gasteiger partial charge on any atom is -0.346 e. The van der Waals surface area contributed by atoms with Crippen molar-refractivity contribution < 1.29 is 9.36 Å². The summed E-state index contributed by atoms with van der Waals surface area (Å²) in [6, 6.07) is 13.8. The van der Waals surface area contributed by atoms with Crippen LogP contribution in [0.5, 0.6) is 0 Å². The van der Waals surface area contributed by atoms with Gasteiger partial charge in [0.2, 0.25) is 6.04 Å². The van der Waals surface area contributed by atoms with Gasteiger partial charge in [-0.05, 0) is 18.6 Å². The molecular formula is C17H21N2O+. The second kappa shape index (κ2) is 6.33. The van der Waals surface area contributed by atoms with E-state index in [0.717, 1.165) is 11.3 Å². The summed E-state index contributed by atoms with van der Waals surface area (Å²) in [5.41, 5.74) is 3.42. The number of rotatable bonds is 4. The number of aromatic nitrogens is 1. The zero-order valence-corrected chi connectivity index (χ0v) is 12.3. The molecule has 0 saturated carbocycles. The number of nitrogens with one attached hydrogen (secondary N) is 1. The fraction of sp³-hybridized carbons (Fsp3) is 0.294. The highest BCUT2D eigenvalue weighted by Crippen LogP contribution is 2.05. The Morgan fingerprint density at radius 1 is 1.15 bits per heavy atom. The van der Waals surface area contributed by atoms with Gasteiger partial charge in [0.05, 0.1) is 0 Å². The molecule has 1 aromatic carbocycles. The monoisotopic (exact) mass is 269 g/mol. The van der Waals surface area contributed by atoms with E-state index in [1.54, 1.807) is 0 Å². The Labute approximate surface area is 120 Å². The van der Waals surface area contributed by atoms with Crippen molar-refractivity contribution in [3.8, 4) is 0 Å². The predicted octanol–water partition coefficient (Wildman–Crippen LogP) is 2.47. The molecule has 0 saturated heterocycles. The van der Waals surface area contributed by atoms with E-state index in [-0.39, 0.29) is 11.9 Å². The number of carbonyl (C=O) groups is 1. The molecule has 2 rings (SSSR count). The second-order valence-electron chi connectivity index (χ2n) is 5.06. The molecule has 1 amide bonds. The molecule has 3 heteroatoms. The van der Waals surface area contributed by atoms with Crippen molar-refractivity contribution in [2.24, 2.45) is 0 Å². The average Bonchev–Trinajstić information content (AvgIpc) is 2.48. The van der Waals surface area contributed by atoms with Crippen molar-refractivity contribution in [1.29, 1.82) is 0 Å². The third kappa shape index (κ3) is 3.23. The SMILES string of the molecule is Cc1ccc[n+]([C@@H](C)C(=O)NCc2ccccc2)c1C. The summed E-state index contributed by atoms with van der Waals surface area (Å²) in [5.74, 6) is 0.0348. The first-order valence-electron chi connectivity index (χ1n) is 6.88. The van der Waals surface area contributed by atoms with Crippen molar-refractivity contribution in [3.05, 3.63) is 65.5 Å². The third-order valence-electron chi connectivity index (χ3n) is 3.66. The van der Waals surface area contributed by atoms with Gasteiger partial charge in [-0.3, -0.25) is 4.79 Å². The van der Waals surface area contributed by atoms with Crippen LogP contribution in [0.1, 0.15) is 29.8 Å². The van der Waals surface area contributed by atoms with Crippen LogP contribution in [-0.4, -0.2) is 5.91 Å². The Morgan fingerprint density at radius 3 is 2.55 bits per heavy atom. The Kier molecular flexibility index (Phi) is 4.51. The Morgan fingerprint density at radius 2 is 1.85 bits per heavy atom. The topological polar surface area (TPSA) is 33.0 Å². The summed E-state index contributed by atoms with van der Waals surface area (Å²) in [7, 11) is 0. The molecule has 0 fully saturated rings. The predicted molar refractivity (Wildman–Crippen MR) is 79.1 cm³/mol. The zero-order chi connectivity index (χ0) is 14.5. The van der Waals surface area contributed by atoms with Crippen molar-refractivity contribution in [3.63, 3.8) is 0 Å². The van der Waals surface area contributed by atoms with Crippen molar-refractivity contribution in [2.45, 2.75) is 33.4 Å². The maximum Gasteiger partial charge on any atom is 0.289 e. The summed E-state index contributed by atoms with van der Waals surface area (Å²) in [6.45, 7) is 6.58. The molecule has 3 nitrogen and oxygen atoms in total. The lowest BCUT2D eigenvalue weighted by Crippen LogP contribution is -2.48. The fourth-order valence-corrected chi connectivity index (χ4v) is 2.19. The van der Waals surface area contributed by atoms with Gasteiger partial charge in [-0.1, -0.05) is 30.3 Å². The molecule has 0 bridgehead atoms. The third-order valence-corrected chi connectivity index (χ3v) is 3.66. The summed E-state index contributed by atoms with van der Waals surface area (Å²) in [5, 5.41) is 2.98. The van der Waals surface area contributed by atoms with Crippen molar-refractivity contribution >= 4 is 5.91 Å². The normalized spacial score (nSPS) is 11.9. The van der Waals surface area contributed by atoms with Gasteiger partial charge in [0.1, 0.15) is 0 Å². The molecule has 0 aliphatic rings. The van der Waals surface area contributed by atoms with Crippen LogP contribution in [0.15, 0.2) is 48.7 Å². The van der Waals surface area contributed by atoms with Crippen LogP contribution in [0.3, 0.4) is 0 Å². The van der Waals surface area contributed by atoms with Gasteiger partial charge < -0.3 is 5.32 Å². The van der Waals surface area contributed by atoms with E-state index >= 15 is 0 Å². The lowest BCUT2D eigenvalue weighted by atomic mass is 10.2. The number of aryl methyl sites for hydroxylation is 1. The second-order valence-corrected chi connectivity index (χ2v) is 5.06. The molecule has 1 heterocycles. The summed E-state index contributed by atoms with van der Waals surface area (Å²) in [6.07, 6.45) is 1.95. The molecule has 1 N–H and O–H groups in total. The van der Waals surface area contributed by atoms with E-state index in [2.05, 4.69) is 18.3 Å². The first-order chi connectivity index (χ1) is 9.59. The van der Waals surface area contributed by atoms with E-state index < -0.39 is 0 Å². The van der Waals surface area contributed by atoms with Crippen LogP contribution in [0.25, 0.3) is 0 Å². The number of carbonyl (C=O) groups excluding carboxylic acids is 1. The molecule has 1 aromatic heterocycles. The molecule has 0 radical (unpaired) electrons. The minimum atomic E-state index is -0.210. The highest BCUT2D eigenvalue weighted by atomic mass is 16.2. The van der Waals surface area contributed by atoms with Gasteiger partial charge in [-0.25, -0.2) is 0 Å². The lowest BCUT2D eigenvalue weighted by Gasteiger charge is -2.11. The summed E-state index contributed by atoms with van der Waals surface area (Å²) >= 11 is 0. The molecule has 104 valence electrons. The van der Waals surface area contributed by atoms with Gasteiger partial charge in [-0.15, -0.1) is 0 Å². The molecular weight excluding hydrogens is 248 g/mol. The highest BCUT2D eigenvalue weighted by Gasteiger charge is 2.24. The molecule has 2 aromatic rings. The van der Waals surface area contributed by atoms with Crippen molar-refractivity contribution in [1.82, 2.24) is 5.32 Å². The lowest BCUT2D eigenvalue weighted by molar-refractivity contribution is -0.712. The maximum absolute atomic E-state index is 12.2. The van der Waals surface area contributed by atoms with Gasteiger partial charge in [0, 0.05) is 32.0 Å². The van der Waals surface area contributed by atoms with E-state index in [1.165, 1.54) is 5.56 Å². The van der Waals surface area contributed by atoms with E-state index in [1.807, 2.05) is 61.0 Å². The first kappa shape index (κ1) is 14.3. The molecule has 0 aliphatic heterocycles. The average molecular weight is 269 g/mol. The molecule has 0 spiro atoms. The zero-order valence-electron chi connectivity index (χ0n) is 12.3. The van der Waals surface area contributed by atoms with E-state index in [4.69, 9.17) is 0 Å². The number of nitrogens with zero attached hydrogens (tertiary/aromatic N) is 1. The van der Waals surface area contributed by atoms with Crippen LogP contribution in [-0.2, 0) is 11.3 Å². The number of hydrogen-bond donors (Lipinski definition) is 1.